The Morgan fingerprint density at radius 3 is 2.52 bits per heavy atom. The molecule has 1 N–H and O–H groups in total. The highest BCUT2D eigenvalue weighted by Crippen LogP contribution is 2.17. The molecule has 2 aliphatic heterocycles. The quantitative estimate of drug-likeness (QED) is 0.818. The number of hydrogen-bond donors (Lipinski definition) is 1. The third-order valence-corrected chi connectivity index (χ3v) is 5.47. The van der Waals surface area contributed by atoms with E-state index in [1.54, 1.807) is 6.07 Å². The van der Waals surface area contributed by atoms with E-state index in [9.17, 15) is 4.79 Å². The fourth-order valence-electron chi connectivity index (χ4n) is 3.89. The van der Waals surface area contributed by atoms with Gasteiger partial charge in [0, 0.05) is 44.5 Å². The van der Waals surface area contributed by atoms with Crippen molar-refractivity contribution in [2.24, 2.45) is 5.92 Å². The summed E-state index contributed by atoms with van der Waals surface area (Å²) in [5.74, 6) is 1.03. The van der Waals surface area contributed by atoms with Crippen molar-refractivity contribution in [3.8, 4) is 0 Å². The van der Waals surface area contributed by atoms with Gasteiger partial charge in [0.25, 0.3) is 5.91 Å². The Morgan fingerprint density at radius 2 is 1.85 bits per heavy atom. The Balaban J connectivity index is 1.65. The van der Waals surface area contributed by atoms with E-state index in [0.717, 1.165) is 57.9 Å². The van der Waals surface area contributed by atoms with Gasteiger partial charge in [-0.2, -0.15) is 0 Å². The van der Waals surface area contributed by atoms with Gasteiger partial charge < -0.3 is 15.0 Å². The van der Waals surface area contributed by atoms with Gasteiger partial charge in [0.1, 0.15) is 5.69 Å². The summed E-state index contributed by atoms with van der Waals surface area (Å²) in [5.41, 5.74) is 1.30. The van der Waals surface area contributed by atoms with Crippen LogP contribution in [0.15, 0.2) is 6.07 Å². The second-order valence-corrected chi connectivity index (χ2v) is 7.91. The van der Waals surface area contributed by atoms with Gasteiger partial charge in [-0.05, 0) is 38.2 Å². The summed E-state index contributed by atoms with van der Waals surface area (Å²) in [5, 5.41) is 3.10. The lowest BCUT2D eigenvalue weighted by Crippen LogP contribution is -2.51. The number of nitrogens with zero attached hydrogens (tertiary/aromatic N) is 4. The maximum Gasteiger partial charge on any atom is 0.270 e. The molecule has 1 atom stereocenters. The van der Waals surface area contributed by atoms with Gasteiger partial charge in [-0.3, -0.25) is 9.69 Å². The summed E-state index contributed by atoms with van der Waals surface area (Å²) < 4.78 is 5.46. The van der Waals surface area contributed by atoms with Gasteiger partial charge in [0.05, 0.1) is 13.2 Å². The minimum Gasteiger partial charge on any atom is -0.379 e. The molecule has 3 rings (SSSR count). The van der Waals surface area contributed by atoms with Gasteiger partial charge in [-0.25, -0.2) is 9.97 Å². The predicted molar refractivity (Wildman–Crippen MR) is 106 cm³/mol. The zero-order valence-corrected chi connectivity index (χ0v) is 16.9. The monoisotopic (exact) mass is 375 g/mol. The molecule has 1 amide bonds. The summed E-state index contributed by atoms with van der Waals surface area (Å²) in [4.78, 5) is 26.5. The Kier molecular flexibility index (Phi) is 7.01. The fraction of sp³-hybridized carbons (Fsp3) is 0.750. The highest BCUT2D eigenvalue weighted by molar-refractivity contribution is 5.92. The van der Waals surface area contributed by atoms with E-state index < -0.39 is 0 Å². The van der Waals surface area contributed by atoms with Crippen molar-refractivity contribution in [2.75, 3.05) is 50.8 Å². The molecule has 1 aromatic heterocycles. The minimum absolute atomic E-state index is 0.113. The van der Waals surface area contributed by atoms with Gasteiger partial charge in [0.15, 0.2) is 0 Å². The maximum atomic E-state index is 12.8. The summed E-state index contributed by atoms with van der Waals surface area (Å²) in [6.07, 6.45) is 3.58. The highest BCUT2D eigenvalue weighted by Gasteiger charge is 2.25. The van der Waals surface area contributed by atoms with E-state index in [1.165, 1.54) is 6.42 Å². The molecule has 7 heteroatoms. The maximum absolute atomic E-state index is 12.8. The molecule has 2 aliphatic rings. The molecule has 2 saturated heterocycles. The van der Waals surface area contributed by atoms with Crippen LogP contribution in [0, 0.1) is 12.8 Å². The van der Waals surface area contributed by atoms with E-state index in [1.807, 2.05) is 6.92 Å². The van der Waals surface area contributed by atoms with E-state index in [-0.39, 0.29) is 5.91 Å². The normalized spacial score (nSPS) is 19.9. The van der Waals surface area contributed by atoms with Crippen LogP contribution >= 0.6 is 0 Å². The topological polar surface area (TPSA) is 70.6 Å². The number of nitrogens with one attached hydrogen (secondary N) is 1. The summed E-state index contributed by atoms with van der Waals surface area (Å²) in [6, 6.07) is 2.09. The van der Waals surface area contributed by atoms with Gasteiger partial charge >= 0.3 is 0 Å². The van der Waals surface area contributed by atoms with Crippen molar-refractivity contribution < 1.29 is 9.53 Å². The second-order valence-electron chi connectivity index (χ2n) is 7.91. The number of aryl methyl sites for hydroxylation is 1. The molecule has 2 fully saturated rings. The number of anilines is 1. The van der Waals surface area contributed by atoms with E-state index in [2.05, 4.69) is 38.9 Å². The summed E-state index contributed by atoms with van der Waals surface area (Å²) >= 11 is 0. The number of ether oxygens (including phenoxy) is 1. The Morgan fingerprint density at radius 1 is 1.15 bits per heavy atom. The molecule has 3 heterocycles. The van der Waals surface area contributed by atoms with Crippen LogP contribution in [0.2, 0.25) is 0 Å². The molecule has 0 radical (unpaired) electrons. The SMILES string of the molecule is Cc1cc(C(=O)NC[C@@H](C(C)C)N2CCOCC2)nc(N2CCCCC2)n1. The van der Waals surface area contributed by atoms with Crippen molar-refractivity contribution in [1.29, 1.82) is 0 Å². The molecule has 0 aromatic carbocycles. The van der Waals surface area contributed by atoms with Crippen LogP contribution in [0.3, 0.4) is 0 Å². The molecule has 150 valence electrons. The number of carbonyl (C=O) groups excluding carboxylic acids is 1. The van der Waals surface area contributed by atoms with Crippen LogP contribution in [-0.2, 0) is 4.74 Å². The largest absolute Gasteiger partial charge is 0.379 e. The van der Waals surface area contributed by atoms with Gasteiger partial charge in [-0.15, -0.1) is 0 Å². The number of morpholine rings is 1. The standard InChI is InChI=1S/C20H33N5O2/c1-15(2)18(24-9-11-27-12-10-24)14-21-19(26)17-13-16(3)22-20(23-17)25-7-5-4-6-8-25/h13,15,18H,4-12,14H2,1-3H3,(H,21,26)/t18-/m0/s1. The van der Waals surface area contributed by atoms with Gasteiger partial charge in [-0.1, -0.05) is 13.8 Å². The van der Waals surface area contributed by atoms with E-state index >= 15 is 0 Å². The first-order valence-corrected chi connectivity index (χ1v) is 10.2. The first-order valence-electron chi connectivity index (χ1n) is 10.2. The molecular formula is C20H33N5O2. The minimum atomic E-state index is -0.113. The number of rotatable bonds is 6. The molecule has 27 heavy (non-hydrogen) atoms. The van der Waals surface area contributed by atoms with Crippen LogP contribution in [0.5, 0.6) is 0 Å². The number of aromatic nitrogens is 2. The number of hydrogen-bond acceptors (Lipinski definition) is 6. The van der Waals surface area contributed by atoms with E-state index in [0.29, 0.717) is 30.1 Å². The molecular weight excluding hydrogens is 342 g/mol. The van der Waals surface area contributed by atoms with Crippen molar-refractivity contribution in [2.45, 2.75) is 46.1 Å². The average Bonchev–Trinajstić information content (AvgIpc) is 2.69. The Bertz CT molecular complexity index is 625. The lowest BCUT2D eigenvalue weighted by molar-refractivity contribution is 0.00671. The molecule has 0 unspecified atom stereocenters. The first-order chi connectivity index (χ1) is 13.0. The lowest BCUT2D eigenvalue weighted by atomic mass is 10.0. The Hall–Kier alpha value is -1.73. The molecule has 7 nitrogen and oxygen atoms in total. The summed E-state index contributed by atoms with van der Waals surface area (Å²) in [7, 11) is 0. The Labute approximate surface area is 162 Å². The molecule has 0 bridgehead atoms. The fourth-order valence-corrected chi connectivity index (χ4v) is 3.89. The number of piperidine rings is 1. The molecule has 0 spiro atoms. The molecule has 0 aliphatic carbocycles. The first kappa shape index (κ1) is 20.0. The second kappa shape index (κ2) is 9.46. The third kappa shape index (κ3) is 5.39. The smallest absolute Gasteiger partial charge is 0.270 e. The lowest BCUT2D eigenvalue weighted by Gasteiger charge is -2.36. The summed E-state index contributed by atoms with van der Waals surface area (Å²) in [6.45, 7) is 12.3. The van der Waals surface area contributed by atoms with Crippen molar-refractivity contribution in [3.63, 3.8) is 0 Å². The number of carbonyl (C=O) groups is 1. The predicted octanol–water partition coefficient (Wildman–Crippen LogP) is 1.86. The van der Waals surface area contributed by atoms with Crippen LogP contribution in [0.1, 0.15) is 49.3 Å². The number of amides is 1. The third-order valence-electron chi connectivity index (χ3n) is 5.47. The van der Waals surface area contributed by atoms with Crippen molar-refractivity contribution in [3.05, 3.63) is 17.5 Å². The van der Waals surface area contributed by atoms with Crippen molar-refractivity contribution in [1.82, 2.24) is 20.2 Å². The zero-order valence-electron chi connectivity index (χ0n) is 16.9. The van der Waals surface area contributed by atoms with Crippen LogP contribution in [0.4, 0.5) is 5.95 Å². The van der Waals surface area contributed by atoms with Crippen LogP contribution in [-0.4, -0.2) is 72.8 Å². The van der Waals surface area contributed by atoms with Crippen LogP contribution in [0.25, 0.3) is 0 Å². The van der Waals surface area contributed by atoms with Gasteiger partial charge in [0.2, 0.25) is 5.95 Å². The van der Waals surface area contributed by atoms with Crippen molar-refractivity contribution >= 4 is 11.9 Å². The van der Waals surface area contributed by atoms with Crippen LogP contribution < -0.4 is 10.2 Å². The zero-order chi connectivity index (χ0) is 19.2. The highest BCUT2D eigenvalue weighted by atomic mass is 16.5. The average molecular weight is 376 g/mol. The molecule has 0 saturated carbocycles. The van der Waals surface area contributed by atoms with E-state index in [4.69, 9.17) is 4.74 Å². The molecule has 1 aromatic rings.